The molecule has 3 aromatic rings. The third-order valence-corrected chi connectivity index (χ3v) is 7.60. The molecule has 0 saturated carbocycles. The van der Waals surface area contributed by atoms with Gasteiger partial charge in [-0.25, -0.2) is 4.90 Å². The molecule has 9 nitrogen and oxygen atoms in total. The van der Waals surface area contributed by atoms with Crippen LogP contribution in [0.25, 0.3) is 6.08 Å². The van der Waals surface area contributed by atoms with Gasteiger partial charge in [-0.1, -0.05) is 36.4 Å². The molecule has 0 unspecified atom stereocenters. The molecule has 0 aliphatic carbocycles. The highest BCUT2D eigenvalue weighted by Gasteiger charge is 2.64. The minimum atomic E-state index is -1.03. The Morgan fingerprint density at radius 1 is 0.868 bits per heavy atom. The maximum atomic E-state index is 13.9. The van der Waals surface area contributed by atoms with E-state index in [9.17, 15) is 29.3 Å². The highest BCUT2D eigenvalue weighted by atomic mass is 16.6. The second-order valence-electron chi connectivity index (χ2n) is 9.62. The number of ketones is 2. The molecule has 0 bridgehead atoms. The standard InChI is InChI=1S/C29H21N3O6/c1-16(33)17-9-11-20(12-10-17)31-28(35)23-24(29(31)36)26(27(34)19-6-4-7-21(15-19)32(37)38)30-14-13-18-5-2-3-8-22(18)25(23)30/h2-15,23-26H,1H3/t23-,24-,25-,26+/m1/s1. The van der Waals surface area contributed by atoms with Crippen molar-refractivity contribution in [3.8, 4) is 0 Å². The van der Waals surface area contributed by atoms with Gasteiger partial charge in [0.05, 0.1) is 28.5 Å². The largest absolute Gasteiger partial charge is 0.358 e. The Morgan fingerprint density at radius 3 is 2.29 bits per heavy atom. The lowest BCUT2D eigenvalue weighted by Gasteiger charge is -2.35. The highest BCUT2D eigenvalue weighted by Crippen LogP contribution is 2.53. The highest BCUT2D eigenvalue weighted by molar-refractivity contribution is 6.24. The Labute approximate surface area is 217 Å². The SMILES string of the molecule is CC(=O)c1ccc(N2C(=O)[C@@H]3[C@@H](C2=O)[C@H]2c4ccccc4C=CN2[C@@H]3C(=O)c2cccc([N+](=O)[O-])c2)cc1. The zero-order valence-electron chi connectivity index (χ0n) is 20.2. The first-order valence-electron chi connectivity index (χ1n) is 12.1. The summed E-state index contributed by atoms with van der Waals surface area (Å²) in [5.74, 6) is -3.39. The van der Waals surface area contributed by atoms with Crippen LogP contribution in [0.4, 0.5) is 11.4 Å². The Balaban J connectivity index is 1.47. The zero-order chi connectivity index (χ0) is 26.7. The molecular formula is C29H21N3O6. The molecule has 0 N–H and O–H groups in total. The van der Waals surface area contributed by atoms with E-state index < -0.39 is 46.4 Å². The van der Waals surface area contributed by atoms with Crippen molar-refractivity contribution in [1.82, 2.24) is 4.90 Å². The molecule has 3 aromatic carbocycles. The molecule has 0 radical (unpaired) electrons. The number of hydrogen-bond acceptors (Lipinski definition) is 7. The molecule has 2 fully saturated rings. The minimum Gasteiger partial charge on any atom is -0.358 e. The average Bonchev–Trinajstić information content (AvgIpc) is 3.40. The van der Waals surface area contributed by atoms with Gasteiger partial charge in [0.15, 0.2) is 11.6 Å². The lowest BCUT2D eigenvalue weighted by Crippen LogP contribution is -2.44. The third kappa shape index (κ3) is 3.39. The number of non-ortho nitro benzene ring substituents is 1. The molecule has 3 aliphatic heterocycles. The van der Waals surface area contributed by atoms with Gasteiger partial charge in [0, 0.05) is 29.5 Å². The number of Topliss-reactive ketones (excluding diaryl/α,β-unsaturated/α-hetero) is 2. The maximum absolute atomic E-state index is 13.9. The number of benzene rings is 3. The molecule has 38 heavy (non-hydrogen) atoms. The van der Waals surface area contributed by atoms with E-state index in [2.05, 4.69) is 0 Å². The van der Waals surface area contributed by atoms with Gasteiger partial charge < -0.3 is 4.90 Å². The zero-order valence-corrected chi connectivity index (χ0v) is 20.2. The number of imide groups is 1. The monoisotopic (exact) mass is 507 g/mol. The van der Waals surface area contributed by atoms with E-state index in [4.69, 9.17) is 0 Å². The fourth-order valence-electron chi connectivity index (χ4n) is 5.90. The Bertz CT molecular complexity index is 1580. The van der Waals surface area contributed by atoms with E-state index >= 15 is 0 Å². The summed E-state index contributed by atoms with van der Waals surface area (Å²) in [5, 5.41) is 11.4. The normalized spacial score (nSPS) is 23.2. The summed E-state index contributed by atoms with van der Waals surface area (Å²) in [7, 11) is 0. The Morgan fingerprint density at radius 2 is 1.58 bits per heavy atom. The summed E-state index contributed by atoms with van der Waals surface area (Å²) in [6, 6.07) is 17.6. The molecule has 0 spiro atoms. The van der Waals surface area contributed by atoms with Gasteiger partial charge in [0.25, 0.3) is 5.69 Å². The van der Waals surface area contributed by atoms with Gasteiger partial charge in [-0.2, -0.15) is 0 Å². The van der Waals surface area contributed by atoms with Gasteiger partial charge in [0.1, 0.15) is 6.04 Å². The van der Waals surface area contributed by atoms with Crippen molar-refractivity contribution in [2.75, 3.05) is 4.90 Å². The van der Waals surface area contributed by atoms with Crippen LogP contribution < -0.4 is 4.90 Å². The van der Waals surface area contributed by atoms with Crippen LogP contribution >= 0.6 is 0 Å². The van der Waals surface area contributed by atoms with Crippen molar-refractivity contribution < 1.29 is 24.1 Å². The van der Waals surface area contributed by atoms with Gasteiger partial charge in [-0.05, 0) is 48.4 Å². The van der Waals surface area contributed by atoms with Crippen LogP contribution in [0.2, 0.25) is 0 Å². The fraction of sp³-hybridized carbons (Fsp3) is 0.172. The number of fused-ring (bicyclic) bond motifs is 5. The summed E-state index contributed by atoms with van der Waals surface area (Å²) in [5.41, 5.74) is 2.36. The summed E-state index contributed by atoms with van der Waals surface area (Å²) in [6.45, 7) is 1.43. The van der Waals surface area contributed by atoms with Crippen molar-refractivity contribution in [2.24, 2.45) is 11.8 Å². The van der Waals surface area contributed by atoms with E-state index in [-0.39, 0.29) is 17.0 Å². The molecule has 2 amide bonds. The summed E-state index contributed by atoms with van der Waals surface area (Å²) >= 11 is 0. The number of carbonyl (C=O) groups is 4. The van der Waals surface area contributed by atoms with Crippen LogP contribution in [-0.2, 0) is 9.59 Å². The van der Waals surface area contributed by atoms with E-state index in [1.165, 1.54) is 31.2 Å². The van der Waals surface area contributed by atoms with Crippen LogP contribution in [-0.4, -0.2) is 39.2 Å². The first kappa shape index (κ1) is 23.5. The number of nitrogens with zero attached hydrogens (tertiary/aromatic N) is 3. The number of hydrogen-bond donors (Lipinski definition) is 0. The fourth-order valence-corrected chi connectivity index (χ4v) is 5.90. The smallest absolute Gasteiger partial charge is 0.270 e. The number of carbonyl (C=O) groups excluding carboxylic acids is 4. The molecule has 9 heteroatoms. The predicted octanol–water partition coefficient (Wildman–Crippen LogP) is 4.20. The summed E-state index contributed by atoms with van der Waals surface area (Å²) in [6.07, 6.45) is 3.58. The van der Waals surface area contributed by atoms with Crippen LogP contribution in [0.1, 0.15) is 44.8 Å². The number of nitro benzene ring substituents is 1. The van der Waals surface area contributed by atoms with Gasteiger partial charge in [0.2, 0.25) is 11.8 Å². The van der Waals surface area contributed by atoms with E-state index in [1.807, 2.05) is 30.3 Å². The van der Waals surface area contributed by atoms with Crippen molar-refractivity contribution >= 4 is 40.8 Å². The maximum Gasteiger partial charge on any atom is 0.270 e. The third-order valence-electron chi connectivity index (χ3n) is 7.60. The van der Waals surface area contributed by atoms with Crippen molar-refractivity contribution in [1.29, 1.82) is 0 Å². The van der Waals surface area contributed by atoms with E-state index in [0.29, 0.717) is 11.3 Å². The second kappa shape index (κ2) is 8.58. The molecule has 0 aromatic heterocycles. The molecule has 2 saturated heterocycles. The molecule has 188 valence electrons. The Kier molecular flexibility index (Phi) is 5.30. The minimum absolute atomic E-state index is 0.0976. The molecule has 6 rings (SSSR count). The predicted molar refractivity (Wildman–Crippen MR) is 137 cm³/mol. The van der Waals surface area contributed by atoms with Crippen molar-refractivity contribution in [2.45, 2.75) is 19.0 Å². The average molecular weight is 508 g/mol. The molecule has 4 atom stereocenters. The molecular weight excluding hydrogens is 486 g/mol. The number of nitro groups is 1. The van der Waals surface area contributed by atoms with Crippen molar-refractivity contribution in [3.05, 3.63) is 111 Å². The molecule has 3 heterocycles. The molecule has 3 aliphatic rings. The number of amides is 2. The first-order chi connectivity index (χ1) is 18.3. The van der Waals surface area contributed by atoms with Gasteiger partial charge in [-0.15, -0.1) is 0 Å². The second-order valence-corrected chi connectivity index (χ2v) is 9.62. The van der Waals surface area contributed by atoms with Crippen LogP contribution in [0.5, 0.6) is 0 Å². The first-order valence-corrected chi connectivity index (χ1v) is 12.1. The summed E-state index contributed by atoms with van der Waals surface area (Å²) in [4.78, 5) is 67.1. The van der Waals surface area contributed by atoms with Crippen LogP contribution in [0.15, 0.2) is 79.0 Å². The van der Waals surface area contributed by atoms with Gasteiger partial charge in [-0.3, -0.25) is 29.3 Å². The lowest BCUT2D eigenvalue weighted by molar-refractivity contribution is -0.384. The van der Waals surface area contributed by atoms with E-state index in [1.54, 1.807) is 35.4 Å². The quantitative estimate of drug-likeness (QED) is 0.220. The Hall–Kier alpha value is -4.92. The van der Waals surface area contributed by atoms with Gasteiger partial charge >= 0.3 is 0 Å². The van der Waals surface area contributed by atoms with Crippen LogP contribution in [0.3, 0.4) is 0 Å². The number of rotatable bonds is 5. The van der Waals surface area contributed by atoms with E-state index in [0.717, 1.165) is 16.0 Å². The van der Waals surface area contributed by atoms with Crippen molar-refractivity contribution in [3.63, 3.8) is 0 Å². The lowest BCUT2D eigenvalue weighted by atomic mass is 9.83. The van der Waals surface area contributed by atoms with Crippen LogP contribution in [0, 0.1) is 22.0 Å². The summed E-state index contributed by atoms with van der Waals surface area (Å²) < 4.78 is 0. The number of anilines is 1. The topological polar surface area (TPSA) is 118 Å².